The van der Waals surface area contributed by atoms with Gasteiger partial charge in [-0.05, 0) is 37.2 Å². The molecule has 0 atom stereocenters. The van der Waals surface area contributed by atoms with Crippen molar-refractivity contribution in [2.45, 2.75) is 26.3 Å². The van der Waals surface area contributed by atoms with E-state index in [0.29, 0.717) is 24.3 Å². The van der Waals surface area contributed by atoms with Crippen molar-refractivity contribution in [3.63, 3.8) is 0 Å². The number of nitrogens with one attached hydrogen (secondary N) is 1. The van der Waals surface area contributed by atoms with E-state index in [2.05, 4.69) is 10.1 Å². The molecule has 1 amide bonds. The van der Waals surface area contributed by atoms with Crippen LogP contribution in [0.1, 0.15) is 17.5 Å². The molecule has 1 N–H and O–H groups in total. The maximum absolute atomic E-state index is 12.2. The van der Waals surface area contributed by atoms with Crippen LogP contribution in [0.25, 0.3) is 0 Å². The number of amides is 1. The van der Waals surface area contributed by atoms with E-state index < -0.39 is 11.3 Å². The summed E-state index contributed by atoms with van der Waals surface area (Å²) in [5, 5.41) is 13.5. The van der Waals surface area contributed by atoms with Crippen LogP contribution < -0.4 is 10.1 Å². The van der Waals surface area contributed by atoms with Gasteiger partial charge in [-0.3, -0.25) is 14.9 Å². The summed E-state index contributed by atoms with van der Waals surface area (Å²) in [4.78, 5) is 24.3. The molecule has 29 heavy (non-hydrogen) atoms. The number of nitro benzene ring substituents is 1. The Kier molecular flexibility index (Phi) is 7.16. The second kappa shape index (κ2) is 9.37. The lowest BCUT2D eigenvalue weighted by atomic mass is 10.1. The van der Waals surface area contributed by atoms with E-state index in [1.165, 1.54) is 36.4 Å². The minimum absolute atomic E-state index is 0.110. The topological polar surface area (TPSA) is 84.7 Å². The SMILES string of the molecule is Cc1ccc([N+](=O)[O-])cc1NC(=O)CCN(C)Cc1ccc(OC(F)(F)F)cc1. The number of carbonyl (C=O) groups is 1. The highest BCUT2D eigenvalue weighted by Crippen LogP contribution is 2.23. The number of halogens is 3. The van der Waals surface area contributed by atoms with E-state index in [1.54, 1.807) is 20.0 Å². The largest absolute Gasteiger partial charge is 0.573 e. The zero-order valence-electron chi connectivity index (χ0n) is 15.8. The predicted octanol–water partition coefficient (Wildman–Crippen LogP) is 4.26. The molecule has 10 heteroatoms. The van der Waals surface area contributed by atoms with Crippen LogP contribution in [-0.4, -0.2) is 35.7 Å². The summed E-state index contributed by atoms with van der Waals surface area (Å²) >= 11 is 0. The molecule has 156 valence electrons. The van der Waals surface area contributed by atoms with Crippen LogP contribution >= 0.6 is 0 Å². The number of nitro groups is 1. The fraction of sp³-hybridized carbons (Fsp3) is 0.316. The fourth-order valence-electron chi connectivity index (χ4n) is 2.55. The van der Waals surface area contributed by atoms with E-state index in [1.807, 2.05) is 4.90 Å². The summed E-state index contributed by atoms with van der Waals surface area (Å²) in [5.74, 6) is -0.593. The Hall–Kier alpha value is -3.14. The maximum Gasteiger partial charge on any atom is 0.573 e. The van der Waals surface area contributed by atoms with E-state index in [4.69, 9.17) is 0 Å². The number of nitrogens with zero attached hydrogens (tertiary/aromatic N) is 2. The number of hydrogen-bond donors (Lipinski definition) is 1. The monoisotopic (exact) mass is 411 g/mol. The first-order valence-corrected chi connectivity index (χ1v) is 8.61. The molecule has 0 saturated carbocycles. The normalized spacial score (nSPS) is 11.4. The molecule has 0 fully saturated rings. The van der Waals surface area contributed by atoms with Crippen LogP contribution in [0, 0.1) is 17.0 Å². The lowest BCUT2D eigenvalue weighted by Crippen LogP contribution is -2.24. The highest BCUT2D eigenvalue weighted by molar-refractivity contribution is 5.92. The fourth-order valence-corrected chi connectivity index (χ4v) is 2.55. The first-order chi connectivity index (χ1) is 13.5. The lowest BCUT2D eigenvalue weighted by Gasteiger charge is -2.17. The third-order valence-corrected chi connectivity index (χ3v) is 4.04. The zero-order chi connectivity index (χ0) is 21.6. The first-order valence-electron chi connectivity index (χ1n) is 8.61. The number of carbonyl (C=O) groups excluding carboxylic acids is 1. The predicted molar refractivity (Wildman–Crippen MR) is 101 cm³/mol. The summed E-state index contributed by atoms with van der Waals surface area (Å²) in [5.41, 5.74) is 1.74. The highest BCUT2D eigenvalue weighted by Gasteiger charge is 2.30. The third-order valence-electron chi connectivity index (χ3n) is 4.04. The first kappa shape index (κ1) is 22.2. The molecule has 2 aromatic rings. The third kappa shape index (κ3) is 7.41. The molecular formula is C19H20F3N3O4. The van der Waals surface area contributed by atoms with Gasteiger partial charge in [0.05, 0.1) is 10.6 Å². The van der Waals surface area contributed by atoms with Gasteiger partial charge in [-0.25, -0.2) is 0 Å². The minimum Gasteiger partial charge on any atom is -0.406 e. The summed E-state index contributed by atoms with van der Waals surface area (Å²) in [6, 6.07) is 9.73. The maximum atomic E-state index is 12.2. The lowest BCUT2D eigenvalue weighted by molar-refractivity contribution is -0.384. The molecule has 0 aliphatic rings. The van der Waals surface area contributed by atoms with Crippen LogP contribution in [0.2, 0.25) is 0 Å². The Morgan fingerprint density at radius 3 is 2.45 bits per heavy atom. The second-order valence-electron chi connectivity index (χ2n) is 6.48. The van der Waals surface area contributed by atoms with Gasteiger partial charge in [0, 0.05) is 31.6 Å². The summed E-state index contributed by atoms with van der Waals surface area (Å²) in [6.07, 6.45) is -4.59. The Morgan fingerprint density at radius 1 is 1.21 bits per heavy atom. The Labute approximate surface area is 165 Å². The van der Waals surface area contributed by atoms with Gasteiger partial charge in [0.15, 0.2) is 0 Å². The number of anilines is 1. The van der Waals surface area contributed by atoms with Crippen molar-refractivity contribution in [3.8, 4) is 5.75 Å². The van der Waals surface area contributed by atoms with Crippen molar-refractivity contribution < 1.29 is 27.6 Å². The molecule has 0 saturated heterocycles. The number of rotatable bonds is 8. The van der Waals surface area contributed by atoms with E-state index in [0.717, 1.165) is 5.56 Å². The van der Waals surface area contributed by atoms with Crippen LogP contribution in [0.3, 0.4) is 0 Å². The zero-order valence-corrected chi connectivity index (χ0v) is 15.8. The van der Waals surface area contributed by atoms with E-state index >= 15 is 0 Å². The molecule has 2 aromatic carbocycles. The van der Waals surface area contributed by atoms with Crippen LogP contribution in [0.4, 0.5) is 24.5 Å². The van der Waals surface area contributed by atoms with Crippen molar-refractivity contribution in [2.75, 3.05) is 18.9 Å². The molecule has 0 unspecified atom stereocenters. The van der Waals surface area contributed by atoms with Crippen molar-refractivity contribution in [2.24, 2.45) is 0 Å². The number of aryl methyl sites for hydroxylation is 1. The molecule has 2 rings (SSSR count). The van der Waals surface area contributed by atoms with Crippen molar-refractivity contribution in [1.82, 2.24) is 4.90 Å². The van der Waals surface area contributed by atoms with Crippen LogP contribution in [0.15, 0.2) is 42.5 Å². The summed E-state index contributed by atoms with van der Waals surface area (Å²) in [6.45, 7) is 2.55. The van der Waals surface area contributed by atoms with Gasteiger partial charge in [-0.2, -0.15) is 0 Å². The number of ether oxygens (including phenoxy) is 1. The molecule has 7 nitrogen and oxygen atoms in total. The highest BCUT2D eigenvalue weighted by atomic mass is 19.4. The van der Waals surface area contributed by atoms with Gasteiger partial charge in [0.25, 0.3) is 5.69 Å². The second-order valence-corrected chi connectivity index (χ2v) is 6.48. The molecule has 0 aromatic heterocycles. The molecule has 0 heterocycles. The van der Waals surface area contributed by atoms with Gasteiger partial charge in [0.1, 0.15) is 5.75 Å². The van der Waals surface area contributed by atoms with Gasteiger partial charge in [-0.1, -0.05) is 18.2 Å². The molecular weight excluding hydrogens is 391 g/mol. The number of benzene rings is 2. The van der Waals surface area contributed by atoms with E-state index in [-0.39, 0.29) is 23.8 Å². The Morgan fingerprint density at radius 2 is 1.86 bits per heavy atom. The average Bonchev–Trinajstić information content (AvgIpc) is 2.62. The summed E-state index contributed by atoms with van der Waals surface area (Å²) < 4.78 is 40.3. The van der Waals surface area contributed by atoms with Crippen molar-refractivity contribution >= 4 is 17.3 Å². The quantitative estimate of drug-likeness (QED) is 0.518. The van der Waals surface area contributed by atoms with Crippen molar-refractivity contribution in [3.05, 3.63) is 63.7 Å². The Bertz CT molecular complexity index is 870. The van der Waals surface area contributed by atoms with Crippen LogP contribution in [-0.2, 0) is 11.3 Å². The molecule has 0 bridgehead atoms. The van der Waals surface area contributed by atoms with Crippen LogP contribution in [0.5, 0.6) is 5.75 Å². The molecule has 0 spiro atoms. The van der Waals surface area contributed by atoms with Crippen molar-refractivity contribution in [1.29, 1.82) is 0 Å². The molecule has 0 aliphatic carbocycles. The summed E-state index contributed by atoms with van der Waals surface area (Å²) in [7, 11) is 1.77. The standard InChI is InChI=1S/C19H20F3N3O4/c1-13-3-6-15(25(27)28)11-17(13)23-18(26)9-10-24(2)12-14-4-7-16(8-5-14)29-19(20,21)22/h3-8,11H,9-10,12H2,1-2H3,(H,23,26). The molecule has 0 radical (unpaired) electrons. The number of non-ortho nitro benzene ring substituents is 1. The Balaban J connectivity index is 1.84. The van der Waals surface area contributed by atoms with Gasteiger partial charge in [0.2, 0.25) is 5.91 Å². The molecule has 0 aliphatic heterocycles. The number of hydrogen-bond acceptors (Lipinski definition) is 5. The minimum atomic E-state index is -4.73. The average molecular weight is 411 g/mol. The smallest absolute Gasteiger partial charge is 0.406 e. The van der Waals surface area contributed by atoms with Gasteiger partial charge in [-0.15, -0.1) is 13.2 Å². The van der Waals surface area contributed by atoms with Gasteiger partial charge >= 0.3 is 6.36 Å². The van der Waals surface area contributed by atoms with E-state index in [9.17, 15) is 28.1 Å². The van der Waals surface area contributed by atoms with Gasteiger partial charge < -0.3 is 15.0 Å². The number of alkyl halides is 3.